The first-order chi connectivity index (χ1) is 12.5. The molecule has 11 heteroatoms. The van der Waals surface area contributed by atoms with Crippen LogP contribution in [0.1, 0.15) is 18.9 Å². The number of nitrogens with one attached hydrogen (secondary N) is 2. The molecule has 2 fully saturated rings. The van der Waals surface area contributed by atoms with E-state index in [1.54, 1.807) is 0 Å². The van der Waals surface area contributed by atoms with Crippen LogP contribution in [0.3, 0.4) is 0 Å². The van der Waals surface area contributed by atoms with Crippen molar-refractivity contribution in [2.24, 2.45) is 0 Å². The van der Waals surface area contributed by atoms with Crippen molar-refractivity contribution in [2.75, 3.05) is 18.1 Å². The molecule has 0 bridgehead atoms. The van der Waals surface area contributed by atoms with Crippen molar-refractivity contribution in [1.82, 2.24) is 15.5 Å². The minimum absolute atomic E-state index is 0.0117. The van der Waals surface area contributed by atoms with Gasteiger partial charge in [0.2, 0.25) is 5.91 Å². The Morgan fingerprint density at radius 2 is 2.15 bits per heavy atom. The zero-order valence-corrected chi connectivity index (χ0v) is 15.9. The van der Waals surface area contributed by atoms with E-state index in [1.165, 1.54) is 13.0 Å². The molecule has 0 radical (unpaired) electrons. The highest BCUT2D eigenvalue weighted by Gasteiger charge is 2.50. The van der Waals surface area contributed by atoms with Gasteiger partial charge in [0.05, 0.1) is 11.5 Å². The molecule has 0 spiro atoms. The van der Waals surface area contributed by atoms with Crippen LogP contribution in [-0.4, -0.2) is 55.3 Å². The lowest BCUT2D eigenvalue weighted by atomic mass is 9.92. The van der Waals surface area contributed by atoms with E-state index in [2.05, 4.69) is 10.6 Å². The lowest BCUT2D eigenvalue weighted by molar-refractivity contribution is -0.135. The Morgan fingerprint density at radius 3 is 2.74 bits per heavy atom. The molecule has 3 rings (SSSR count). The first-order valence-electron chi connectivity index (χ1n) is 8.11. The van der Waals surface area contributed by atoms with Gasteiger partial charge >= 0.3 is 6.03 Å². The highest BCUT2D eigenvalue weighted by Crippen LogP contribution is 2.33. The summed E-state index contributed by atoms with van der Waals surface area (Å²) in [5, 5.41) is 4.96. The third-order valence-electron chi connectivity index (χ3n) is 4.64. The molecule has 1 aromatic rings. The molecule has 2 saturated heterocycles. The van der Waals surface area contributed by atoms with Crippen LogP contribution in [-0.2, 0) is 25.0 Å². The van der Waals surface area contributed by atoms with Gasteiger partial charge in [0.1, 0.15) is 17.9 Å². The number of carbonyl (C=O) groups is 3. The normalized spacial score (nSPS) is 26.9. The smallest absolute Gasteiger partial charge is 0.325 e. The number of imide groups is 1. The van der Waals surface area contributed by atoms with Gasteiger partial charge < -0.3 is 10.6 Å². The summed E-state index contributed by atoms with van der Waals surface area (Å²) in [4.78, 5) is 37.9. The van der Waals surface area contributed by atoms with Crippen LogP contribution in [0, 0.1) is 5.82 Å². The van der Waals surface area contributed by atoms with Crippen LogP contribution in [0.25, 0.3) is 0 Å². The van der Waals surface area contributed by atoms with Crippen molar-refractivity contribution in [3.63, 3.8) is 0 Å². The zero-order chi connectivity index (χ0) is 20.0. The Morgan fingerprint density at radius 1 is 1.44 bits per heavy atom. The Labute approximate surface area is 160 Å². The average Bonchev–Trinajstić information content (AvgIpc) is 2.99. The molecule has 2 unspecified atom stereocenters. The van der Waals surface area contributed by atoms with Gasteiger partial charge in [-0.15, -0.1) is 0 Å². The van der Waals surface area contributed by atoms with Gasteiger partial charge in [0, 0.05) is 16.6 Å². The van der Waals surface area contributed by atoms with Gasteiger partial charge in [-0.05, 0) is 25.5 Å². The molecular formula is C16H17ClFN3O5S. The maximum absolute atomic E-state index is 13.3. The third-order valence-corrected chi connectivity index (χ3v) is 6.72. The van der Waals surface area contributed by atoms with Gasteiger partial charge in [-0.1, -0.05) is 17.7 Å². The molecule has 2 aliphatic heterocycles. The zero-order valence-electron chi connectivity index (χ0n) is 14.3. The van der Waals surface area contributed by atoms with E-state index in [-0.39, 0.29) is 28.5 Å². The highest BCUT2D eigenvalue weighted by molar-refractivity contribution is 7.91. The van der Waals surface area contributed by atoms with E-state index >= 15 is 0 Å². The first kappa shape index (κ1) is 19.6. The lowest BCUT2D eigenvalue weighted by Crippen LogP contribution is -2.45. The number of nitrogens with zero attached hydrogens (tertiary/aromatic N) is 1. The number of hydrogen-bond acceptors (Lipinski definition) is 5. The molecule has 1 aromatic carbocycles. The van der Waals surface area contributed by atoms with Crippen LogP contribution in [0.4, 0.5) is 9.18 Å². The topological polar surface area (TPSA) is 113 Å². The minimum Gasteiger partial charge on any atom is -0.351 e. The fraction of sp³-hybridized carbons (Fsp3) is 0.438. The summed E-state index contributed by atoms with van der Waals surface area (Å²) in [6.07, 6.45) is 0.289. The molecule has 8 nitrogen and oxygen atoms in total. The molecular weight excluding hydrogens is 401 g/mol. The Hall–Kier alpha value is -2.20. The van der Waals surface area contributed by atoms with E-state index in [9.17, 15) is 27.2 Å². The van der Waals surface area contributed by atoms with Crippen molar-refractivity contribution in [1.29, 1.82) is 0 Å². The largest absolute Gasteiger partial charge is 0.351 e. The van der Waals surface area contributed by atoms with Gasteiger partial charge in [0.25, 0.3) is 5.91 Å². The number of sulfone groups is 1. The van der Waals surface area contributed by atoms with E-state index < -0.39 is 51.6 Å². The van der Waals surface area contributed by atoms with Crippen molar-refractivity contribution < 1.29 is 27.2 Å². The predicted molar refractivity (Wildman–Crippen MR) is 94.2 cm³/mol. The molecule has 0 aliphatic carbocycles. The van der Waals surface area contributed by atoms with Crippen molar-refractivity contribution in [3.8, 4) is 0 Å². The summed E-state index contributed by atoms with van der Waals surface area (Å²) >= 11 is 6.01. The van der Waals surface area contributed by atoms with Crippen molar-refractivity contribution in [2.45, 2.75) is 24.9 Å². The third kappa shape index (κ3) is 3.77. The van der Waals surface area contributed by atoms with Crippen molar-refractivity contribution in [3.05, 3.63) is 34.6 Å². The highest BCUT2D eigenvalue weighted by atomic mass is 35.5. The molecule has 0 saturated carbocycles. The van der Waals surface area contributed by atoms with E-state index in [0.29, 0.717) is 0 Å². The number of urea groups is 1. The van der Waals surface area contributed by atoms with Crippen LogP contribution in [0.2, 0.25) is 5.02 Å². The second-order valence-corrected chi connectivity index (χ2v) is 9.37. The number of carbonyl (C=O) groups excluding carboxylic acids is 3. The summed E-state index contributed by atoms with van der Waals surface area (Å²) in [6, 6.07) is 2.10. The maximum atomic E-state index is 13.3. The van der Waals surface area contributed by atoms with E-state index in [4.69, 9.17) is 11.6 Å². The summed E-state index contributed by atoms with van der Waals surface area (Å²) < 4.78 is 36.2. The van der Waals surface area contributed by atoms with E-state index in [1.807, 2.05) is 0 Å². The number of hydrogen-bond donors (Lipinski definition) is 2. The molecule has 146 valence electrons. The second kappa shape index (κ2) is 6.75. The van der Waals surface area contributed by atoms with Crippen LogP contribution >= 0.6 is 11.6 Å². The van der Waals surface area contributed by atoms with E-state index in [0.717, 1.165) is 17.0 Å². The average molecular weight is 418 g/mol. The number of benzene rings is 1. The molecule has 27 heavy (non-hydrogen) atoms. The Kier molecular flexibility index (Phi) is 4.89. The Bertz CT molecular complexity index is 938. The van der Waals surface area contributed by atoms with Crippen LogP contribution in [0.5, 0.6) is 0 Å². The SMILES string of the molecule is CC1(c2ccc(F)cc2Cl)NC(=O)N(CC(=O)NC2CCS(=O)(=O)C2)C1=O. The number of amides is 4. The Balaban J connectivity index is 1.73. The monoisotopic (exact) mass is 417 g/mol. The van der Waals surface area contributed by atoms with Gasteiger partial charge in [-0.3, -0.25) is 14.5 Å². The molecule has 2 aliphatic rings. The molecule has 2 atom stereocenters. The quantitative estimate of drug-likeness (QED) is 0.695. The van der Waals surface area contributed by atoms with Crippen LogP contribution < -0.4 is 10.6 Å². The summed E-state index contributed by atoms with van der Waals surface area (Å²) in [7, 11) is -3.17. The van der Waals surface area contributed by atoms with Crippen molar-refractivity contribution >= 4 is 39.3 Å². The molecule has 2 heterocycles. The maximum Gasteiger partial charge on any atom is 0.325 e. The standard InChI is InChI=1S/C16H17ClFN3O5S/c1-16(11-3-2-9(18)6-12(11)17)14(23)21(15(24)20-16)7-13(22)19-10-4-5-27(25,26)8-10/h2-3,6,10H,4-5,7-8H2,1H3,(H,19,22)(H,20,24). The molecule has 4 amide bonds. The lowest BCUT2D eigenvalue weighted by Gasteiger charge is -2.23. The minimum atomic E-state index is -3.17. The summed E-state index contributed by atoms with van der Waals surface area (Å²) in [5.74, 6) is -2.12. The molecule has 0 aromatic heterocycles. The summed E-state index contributed by atoms with van der Waals surface area (Å²) in [5.41, 5.74) is -1.34. The summed E-state index contributed by atoms with van der Waals surface area (Å²) in [6.45, 7) is 0.851. The molecule has 2 N–H and O–H groups in total. The fourth-order valence-corrected chi connectivity index (χ4v) is 5.27. The van der Waals surface area contributed by atoms with Gasteiger partial charge in [-0.2, -0.15) is 0 Å². The second-order valence-electron chi connectivity index (χ2n) is 6.74. The van der Waals surface area contributed by atoms with Gasteiger partial charge in [0.15, 0.2) is 9.84 Å². The fourth-order valence-electron chi connectivity index (χ4n) is 3.24. The number of halogens is 2. The predicted octanol–water partition coefficient (Wildman–Crippen LogP) is 0.549. The number of rotatable bonds is 4. The van der Waals surface area contributed by atoms with Gasteiger partial charge in [-0.25, -0.2) is 17.6 Å². The van der Waals surface area contributed by atoms with Crippen LogP contribution in [0.15, 0.2) is 18.2 Å². The first-order valence-corrected chi connectivity index (χ1v) is 10.3.